The van der Waals surface area contributed by atoms with Crippen LogP contribution in [0.5, 0.6) is 23.0 Å². The van der Waals surface area contributed by atoms with E-state index in [0.29, 0.717) is 34.0 Å². The van der Waals surface area contributed by atoms with Crippen LogP contribution < -0.4 is 39.6 Å². The zero-order valence-corrected chi connectivity index (χ0v) is 30.6. The molecule has 0 aromatic heterocycles. The minimum absolute atomic E-state index is 0. The van der Waals surface area contributed by atoms with Crippen LogP contribution in [0.2, 0.25) is 0 Å². The van der Waals surface area contributed by atoms with E-state index >= 15 is 0 Å². The normalized spacial score (nSPS) is 13.7. The molecule has 1 heterocycles. The summed E-state index contributed by atoms with van der Waals surface area (Å²) in [5.74, 6) is 2.91. The number of carbonyl (C=O) groups excluding carboxylic acids is 3. The molecule has 1 N–H and O–H groups in total. The van der Waals surface area contributed by atoms with Crippen LogP contribution in [0.3, 0.4) is 0 Å². The number of benzene rings is 4. The van der Waals surface area contributed by atoms with Crippen LogP contribution in [0.15, 0.2) is 72.8 Å². The summed E-state index contributed by atoms with van der Waals surface area (Å²) in [7, 11) is 5.99. The van der Waals surface area contributed by atoms with Gasteiger partial charge in [0.25, 0.3) is 5.91 Å². The number of hydrogen-bond acceptors (Lipinski definition) is 9. The standard InChI is InChI=1S/C39H40N2O9.ClH/c1-23-30(45-5)18-25(19-31(23)46-6)33-34-28(20-32(35(47-7)29(34)21-42)49-22-24-12-10-9-11-13-24)36(43)41(37(33)48-8)27-16-14-26(15-17-27)40-38(44)50-39(2,3)4;/h9-20,37H,22H2,1-8H3,(H,40,44);1H. The maximum absolute atomic E-state index is 14.6. The highest BCUT2D eigenvalue weighted by molar-refractivity contribution is 6.11. The van der Waals surface area contributed by atoms with E-state index in [1.807, 2.05) is 43.2 Å². The van der Waals surface area contributed by atoms with Gasteiger partial charge in [0.1, 0.15) is 34.9 Å². The number of amides is 2. The van der Waals surface area contributed by atoms with Crippen molar-refractivity contribution in [2.45, 2.75) is 46.1 Å². The highest BCUT2D eigenvalue weighted by atomic mass is 35.5. The minimum atomic E-state index is -1.05. The average Bonchev–Trinajstić information content (AvgIpc) is 3.10. The maximum Gasteiger partial charge on any atom is 0.412 e. The Bertz CT molecular complexity index is 2030. The van der Waals surface area contributed by atoms with Crippen molar-refractivity contribution < 1.29 is 42.8 Å². The highest BCUT2D eigenvalue weighted by Crippen LogP contribution is 2.38. The van der Waals surface area contributed by atoms with Crippen LogP contribution in [0.1, 0.15) is 47.8 Å². The third-order valence-corrected chi connectivity index (χ3v) is 8.07. The SMILES string of the molecule is COc1cc(C2=c3c(cc(OCc4ccccc4)c(OC)c3=C=O)C(=O)N(c3ccc(NC(=O)OC(C)(C)C)cc3)C2OC)cc(OC)c1C.Cl. The zero-order valence-electron chi connectivity index (χ0n) is 29.7. The smallest absolute Gasteiger partial charge is 0.412 e. The van der Waals surface area contributed by atoms with Crippen LogP contribution in [0.4, 0.5) is 16.2 Å². The molecule has 4 aromatic carbocycles. The molecule has 4 aromatic rings. The molecule has 0 saturated heterocycles. The number of methoxy groups -OCH3 is 4. The molecule has 0 fully saturated rings. The molecule has 1 unspecified atom stereocenters. The van der Waals surface area contributed by atoms with Gasteiger partial charge in [-0.3, -0.25) is 15.0 Å². The number of hydrogen-bond donors (Lipinski definition) is 1. The predicted octanol–water partition coefficient (Wildman–Crippen LogP) is 5.70. The summed E-state index contributed by atoms with van der Waals surface area (Å²) in [6, 6.07) is 21.3. The van der Waals surface area contributed by atoms with Gasteiger partial charge in [0, 0.05) is 34.8 Å². The van der Waals surface area contributed by atoms with Crippen LogP contribution in [-0.4, -0.2) is 58.2 Å². The number of carbonyl (C=O) groups is 2. The Balaban J connectivity index is 0.00000583. The lowest BCUT2D eigenvalue weighted by Gasteiger charge is -2.37. The van der Waals surface area contributed by atoms with Crippen molar-refractivity contribution in [3.8, 4) is 23.0 Å². The van der Waals surface area contributed by atoms with Gasteiger partial charge in [-0.15, -0.1) is 12.4 Å². The van der Waals surface area contributed by atoms with Crippen LogP contribution >= 0.6 is 12.4 Å². The summed E-state index contributed by atoms with van der Waals surface area (Å²) >= 11 is 0. The fourth-order valence-electron chi connectivity index (χ4n) is 5.85. The van der Waals surface area contributed by atoms with Crippen LogP contribution in [0.25, 0.3) is 5.57 Å². The monoisotopic (exact) mass is 716 g/mol. The van der Waals surface area contributed by atoms with Gasteiger partial charge in [0.2, 0.25) is 0 Å². The maximum atomic E-state index is 14.6. The summed E-state index contributed by atoms with van der Waals surface area (Å²) in [4.78, 5) is 41.4. The molecule has 0 saturated carbocycles. The third kappa shape index (κ3) is 7.97. The molecule has 0 aliphatic carbocycles. The number of fused-ring (bicyclic) bond motifs is 1. The lowest BCUT2D eigenvalue weighted by molar-refractivity contribution is 0.0635. The second kappa shape index (κ2) is 16.0. The van der Waals surface area contributed by atoms with Gasteiger partial charge in [0.05, 0.1) is 26.9 Å². The summed E-state index contributed by atoms with van der Waals surface area (Å²) in [6.07, 6.45) is -1.67. The zero-order chi connectivity index (χ0) is 36.2. The van der Waals surface area contributed by atoms with Crippen molar-refractivity contribution in [2.75, 3.05) is 38.7 Å². The predicted molar refractivity (Wildman–Crippen MR) is 196 cm³/mol. The first-order valence-electron chi connectivity index (χ1n) is 15.8. The van der Waals surface area contributed by atoms with E-state index in [0.717, 1.165) is 11.1 Å². The van der Waals surface area contributed by atoms with E-state index in [2.05, 4.69) is 5.32 Å². The molecule has 51 heavy (non-hydrogen) atoms. The van der Waals surface area contributed by atoms with E-state index in [1.54, 1.807) is 77.5 Å². The van der Waals surface area contributed by atoms with Gasteiger partial charge >= 0.3 is 6.09 Å². The molecule has 268 valence electrons. The number of nitrogens with zero attached hydrogens (tertiary/aromatic N) is 1. The van der Waals surface area contributed by atoms with E-state index in [1.165, 1.54) is 19.1 Å². The summed E-state index contributed by atoms with van der Waals surface area (Å²) in [5, 5.41) is 2.97. The fourth-order valence-corrected chi connectivity index (χ4v) is 5.85. The van der Waals surface area contributed by atoms with E-state index in [-0.39, 0.29) is 46.5 Å². The molecule has 12 heteroatoms. The van der Waals surface area contributed by atoms with E-state index in [9.17, 15) is 14.4 Å². The summed E-state index contributed by atoms with van der Waals surface area (Å²) in [5.41, 5.74) is 3.04. The fraction of sp³-hybridized carbons (Fsp3) is 0.282. The average molecular weight is 717 g/mol. The molecule has 1 aliphatic rings. The number of nitrogens with one attached hydrogen (secondary N) is 1. The third-order valence-electron chi connectivity index (χ3n) is 8.07. The van der Waals surface area contributed by atoms with Crippen molar-refractivity contribution in [2.24, 2.45) is 0 Å². The van der Waals surface area contributed by atoms with E-state index < -0.39 is 23.8 Å². The lowest BCUT2D eigenvalue weighted by Crippen LogP contribution is -2.54. The van der Waals surface area contributed by atoms with Crippen molar-refractivity contribution in [1.29, 1.82) is 0 Å². The van der Waals surface area contributed by atoms with Gasteiger partial charge in [-0.2, -0.15) is 0 Å². The van der Waals surface area contributed by atoms with Crippen LogP contribution in [-0.2, 0) is 20.9 Å². The molecular weight excluding hydrogens is 676 g/mol. The van der Waals surface area contributed by atoms with Crippen molar-refractivity contribution in [1.82, 2.24) is 0 Å². The highest BCUT2D eigenvalue weighted by Gasteiger charge is 2.38. The second-order valence-electron chi connectivity index (χ2n) is 12.4. The Kier molecular flexibility index (Phi) is 12.0. The molecule has 1 atom stereocenters. The quantitative estimate of drug-likeness (QED) is 0.220. The summed E-state index contributed by atoms with van der Waals surface area (Å²) in [6.45, 7) is 7.34. The second-order valence-corrected chi connectivity index (χ2v) is 12.4. The Morgan fingerprint density at radius 2 is 1.51 bits per heavy atom. The number of halogens is 1. The van der Waals surface area contributed by atoms with Crippen molar-refractivity contribution in [3.05, 3.63) is 105 Å². The molecule has 0 spiro atoms. The van der Waals surface area contributed by atoms with Gasteiger partial charge in [-0.25, -0.2) is 9.59 Å². The number of anilines is 2. The molecular formula is C39H41ClN2O9. The molecule has 0 bridgehead atoms. The van der Waals surface area contributed by atoms with Crippen molar-refractivity contribution >= 4 is 47.3 Å². The van der Waals surface area contributed by atoms with Gasteiger partial charge in [-0.1, -0.05) is 30.3 Å². The van der Waals surface area contributed by atoms with E-state index in [4.69, 9.17) is 28.4 Å². The van der Waals surface area contributed by atoms with Gasteiger partial charge < -0.3 is 28.4 Å². The summed E-state index contributed by atoms with van der Waals surface area (Å²) < 4.78 is 34.8. The Labute approximate surface area is 302 Å². The first kappa shape index (κ1) is 38.3. The first-order chi connectivity index (χ1) is 23.9. The molecule has 5 rings (SSSR count). The van der Waals surface area contributed by atoms with Crippen LogP contribution in [0, 0.1) is 6.92 Å². The molecule has 1 aliphatic heterocycles. The lowest BCUT2D eigenvalue weighted by atomic mass is 9.90. The van der Waals surface area contributed by atoms with Gasteiger partial charge in [0.15, 0.2) is 17.7 Å². The van der Waals surface area contributed by atoms with Crippen molar-refractivity contribution in [3.63, 3.8) is 0 Å². The van der Waals surface area contributed by atoms with Gasteiger partial charge in [-0.05, 0) is 81.3 Å². The first-order valence-corrected chi connectivity index (χ1v) is 15.8. The Hall–Kier alpha value is -5.48. The largest absolute Gasteiger partial charge is 0.496 e. The molecule has 2 amide bonds. The molecule has 11 nitrogen and oxygen atoms in total. The Morgan fingerprint density at radius 1 is 0.882 bits per heavy atom. The number of rotatable bonds is 10. The molecule has 0 radical (unpaired) electrons. The Morgan fingerprint density at radius 3 is 2.04 bits per heavy atom. The minimum Gasteiger partial charge on any atom is -0.496 e. The topological polar surface area (TPSA) is 122 Å². The number of ether oxygens (including phenoxy) is 6.